The summed E-state index contributed by atoms with van der Waals surface area (Å²) in [5, 5.41) is 0. The molecule has 2 N–H and O–H groups in total. The van der Waals surface area contributed by atoms with E-state index in [0.717, 1.165) is 0 Å². The van der Waals surface area contributed by atoms with Crippen molar-refractivity contribution in [3.63, 3.8) is 0 Å². The number of benzene rings is 1. The van der Waals surface area contributed by atoms with Crippen LogP contribution < -0.4 is 5.73 Å². The molecule has 66 valence electrons. The zero-order valence-electron chi connectivity index (χ0n) is 6.90. The summed E-state index contributed by atoms with van der Waals surface area (Å²) in [5.41, 5.74) is 6.77. The number of rotatable bonds is 2. The number of halogens is 2. The maximum Gasteiger partial charge on any atom is 0.129 e. The fourth-order valence-electron chi connectivity index (χ4n) is 1.13. The van der Waals surface area contributed by atoms with Crippen molar-refractivity contribution in [2.45, 2.75) is 20.1 Å². The monoisotopic (exact) mass is 171 g/mol. The van der Waals surface area contributed by atoms with Crippen molar-refractivity contribution >= 4 is 0 Å². The molecule has 1 aromatic rings. The lowest BCUT2D eigenvalue weighted by atomic mass is 10.1. The Balaban J connectivity index is 3.18. The standard InChI is InChI=1S/C9H11F2N/c1-6-2-7(5-12)3-9(11)8(6)4-10/h2-3H,4-5,12H2,1H3. The number of nitrogens with two attached hydrogens (primary N) is 1. The van der Waals surface area contributed by atoms with Crippen LogP contribution in [0.4, 0.5) is 8.78 Å². The van der Waals surface area contributed by atoms with Crippen LogP contribution in [0.25, 0.3) is 0 Å². The maximum absolute atomic E-state index is 13.0. The number of hydrogen-bond donors (Lipinski definition) is 1. The average Bonchev–Trinajstić information content (AvgIpc) is 2.03. The van der Waals surface area contributed by atoms with E-state index in [1.807, 2.05) is 0 Å². The second-order valence-electron chi connectivity index (χ2n) is 2.71. The molecule has 0 aliphatic carbocycles. The summed E-state index contributed by atoms with van der Waals surface area (Å²) in [6.07, 6.45) is 0. The summed E-state index contributed by atoms with van der Waals surface area (Å²) >= 11 is 0. The highest BCUT2D eigenvalue weighted by Gasteiger charge is 2.06. The van der Waals surface area contributed by atoms with Gasteiger partial charge in [0.1, 0.15) is 12.5 Å². The fraction of sp³-hybridized carbons (Fsp3) is 0.333. The van der Waals surface area contributed by atoms with Gasteiger partial charge in [-0.3, -0.25) is 0 Å². The molecule has 0 radical (unpaired) electrons. The molecule has 1 rings (SSSR count). The molecule has 0 bridgehead atoms. The molecule has 0 amide bonds. The highest BCUT2D eigenvalue weighted by Crippen LogP contribution is 2.16. The molecule has 0 aromatic heterocycles. The Bertz CT molecular complexity index is 261. The third-order valence-electron chi connectivity index (χ3n) is 1.85. The molecule has 0 heterocycles. The van der Waals surface area contributed by atoms with Crippen LogP contribution >= 0.6 is 0 Å². The number of alkyl halides is 1. The summed E-state index contributed by atoms with van der Waals surface area (Å²) in [4.78, 5) is 0. The first-order valence-electron chi connectivity index (χ1n) is 3.73. The molecule has 0 atom stereocenters. The zero-order valence-corrected chi connectivity index (χ0v) is 6.90. The predicted octanol–water partition coefficient (Wildman–Crippen LogP) is 2.06. The van der Waals surface area contributed by atoms with Gasteiger partial charge in [-0.15, -0.1) is 0 Å². The smallest absolute Gasteiger partial charge is 0.129 e. The molecule has 0 aliphatic rings. The Hall–Kier alpha value is -0.960. The van der Waals surface area contributed by atoms with Crippen molar-refractivity contribution in [3.05, 3.63) is 34.6 Å². The van der Waals surface area contributed by atoms with Gasteiger partial charge < -0.3 is 5.73 Å². The summed E-state index contributed by atoms with van der Waals surface area (Å²) < 4.78 is 25.2. The first-order chi connectivity index (χ1) is 5.69. The Kier molecular flexibility index (Phi) is 2.76. The Morgan fingerprint density at radius 1 is 1.42 bits per heavy atom. The molecule has 12 heavy (non-hydrogen) atoms. The minimum Gasteiger partial charge on any atom is -0.326 e. The summed E-state index contributed by atoms with van der Waals surface area (Å²) in [6, 6.07) is 2.99. The van der Waals surface area contributed by atoms with Crippen LogP contribution in [0, 0.1) is 12.7 Å². The number of hydrogen-bond acceptors (Lipinski definition) is 1. The van der Waals surface area contributed by atoms with Gasteiger partial charge in [-0.1, -0.05) is 6.07 Å². The molecule has 0 aliphatic heterocycles. The highest BCUT2D eigenvalue weighted by molar-refractivity contribution is 5.31. The van der Waals surface area contributed by atoms with E-state index < -0.39 is 12.5 Å². The van der Waals surface area contributed by atoms with Crippen molar-refractivity contribution in [3.8, 4) is 0 Å². The van der Waals surface area contributed by atoms with Crippen LogP contribution in [-0.4, -0.2) is 0 Å². The van der Waals surface area contributed by atoms with Crippen LogP contribution in [0.3, 0.4) is 0 Å². The van der Waals surface area contributed by atoms with Gasteiger partial charge >= 0.3 is 0 Å². The third-order valence-corrected chi connectivity index (χ3v) is 1.85. The van der Waals surface area contributed by atoms with Gasteiger partial charge in [0.2, 0.25) is 0 Å². The van der Waals surface area contributed by atoms with E-state index in [1.165, 1.54) is 6.07 Å². The van der Waals surface area contributed by atoms with Gasteiger partial charge in [-0.05, 0) is 24.1 Å². The van der Waals surface area contributed by atoms with E-state index in [2.05, 4.69) is 0 Å². The minimum atomic E-state index is -0.761. The zero-order chi connectivity index (χ0) is 9.14. The lowest BCUT2D eigenvalue weighted by molar-refractivity contribution is 0.461. The van der Waals surface area contributed by atoms with E-state index in [4.69, 9.17) is 5.73 Å². The van der Waals surface area contributed by atoms with Crippen molar-refractivity contribution in [2.24, 2.45) is 5.73 Å². The minimum absolute atomic E-state index is 0.132. The normalized spacial score (nSPS) is 10.3. The maximum atomic E-state index is 13.0. The molecule has 0 spiro atoms. The number of aryl methyl sites for hydroxylation is 1. The van der Waals surface area contributed by atoms with E-state index >= 15 is 0 Å². The lowest BCUT2D eigenvalue weighted by Crippen LogP contribution is -2.00. The Morgan fingerprint density at radius 3 is 2.50 bits per heavy atom. The van der Waals surface area contributed by atoms with Gasteiger partial charge in [0.05, 0.1) is 0 Å². The van der Waals surface area contributed by atoms with Crippen LogP contribution in [0.1, 0.15) is 16.7 Å². The van der Waals surface area contributed by atoms with E-state index in [-0.39, 0.29) is 12.1 Å². The second kappa shape index (κ2) is 3.63. The van der Waals surface area contributed by atoms with Crippen molar-refractivity contribution in [1.82, 2.24) is 0 Å². The van der Waals surface area contributed by atoms with E-state index in [9.17, 15) is 8.78 Å². The van der Waals surface area contributed by atoms with Crippen molar-refractivity contribution < 1.29 is 8.78 Å². The molecule has 1 nitrogen and oxygen atoms in total. The molecule has 0 fully saturated rings. The molecular formula is C9H11F2N. The van der Waals surface area contributed by atoms with Crippen LogP contribution in [0.5, 0.6) is 0 Å². The third kappa shape index (κ3) is 1.61. The first-order valence-corrected chi connectivity index (χ1v) is 3.73. The molecule has 0 unspecified atom stereocenters. The van der Waals surface area contributed by atoms with Crippen molar-refractivity contribution in [1.29, 1.82) is 0 Å². The summed E-state index contributed by atoms with van der Waals surface area (Å²) in [5.74, 6) is -0.502. The van der Waals surface area contributed by atoms with Crippen molar-refractivity contribution in [2.75, 3.05) is 0 Å². The molecule has 0 saturated heterocycles. The predicted molar refractivity (Wildman–Crippen MR) is 43.8 cm³/mol. The molecule has 0 saturated carbocycles. The second-order valence-corrected chi connectivity index (χ2v) is 2.71. The van der Waals surface area contributed by atoms with Crippen LogP contribution in [0.2, 0.25) is 0 Å². The van der Waals surface area contributed by atoms with Gasteiger partial charge in [-0.2, -0.15) is 0 Å². The van der Waals surface area contributed by atoms with Crippen LogP contribution in [-0.2, 0) is 13.2 Å². The Labute approximate surface area is 70.2 Å². The van der Waals surface area contributed by atoms with Gasteiger partial charge in [0.25, 0.3) is 0 Å². The quantitative estimate of drug-likeness (QED) is 0.724. The fourth-order valence-corrected chi connectivity index (χ4v) is 1.13. The van der Waals surface area contributed by atoms with Gasteiger partial charge in [-0.25, -0.2) is 8.78 Å². The highest BCUT2D eigenvalue weighted by atomic mass is 19.1. The summed E-state index contributed by atoms with van der Waals surface area (Å²) in [7, 11) is 0. The SMILES string of the molecule is Cc1cc(CN)cc(F)c1CF. The van der Waals surface area contributed by atoms with Gasteiger partial charge in [0.15, 0.2) is 0 Å². The average molecular weight is 171 g/mol. The first kappa shape index (κ1) is 9.13. The molecule has 3 heteroatoms. The van der Waals surface area contributed by atoms with Gasteiger partial charge in [0, 0.05) is 12.1 Å². The lowest BCUT2D eigenvalue weighted by Gasteiger charge is -2.05. The van der Waals surface area contributed by atoms with Crippen LogP contribution in [0.15, 0.2) is 12.1 Å². The topological polar surface area (TPSA) is 26.0 Å². The molecular weight excluding hydrogens is 160 g/mol. The molecule has 1 aromatic carbocycles. The van der Waals surface area contributed by atoms with E-state index in [0.29, 0.717) is 11.1 Å². The van der Waals surface area contributed by atoms with E-state index in [1.54, 1.807) is 13.0 Å². The Morgan fingerprint density at radius 2 is 2.08 bits per heavy atom. The summed E-state index contributed by atoms with van der Waals surface area (Å²) in [6.45, 7) is 1.20. The largest absolute Gasteiger partial charge is 0.326 e.